The van der Waals surface area contributed by atoms with Crippen molar-refractivity contribution in [3.05, 3.63) is 24.4 Å². The van der Waals surface area contributed by atoms with E-state index in [4.69, 9.17) is 4.74 Å². The van der Waals surface area contributed by atoms with Crippen LogP contribution in [-0.4, -0.2) is 26.3 Å². The van der Waals surface area contributed by atoms with Crippen molar-refractivity contribution in [1.82, 2.24) is 19.7 Å². The molecule has 2 aromatic heterocycles. The zero-order valence-corrected chi connectivity index (χ0v) is 9.51. The largest absolute Gasteiger partial charge is 0.433 e. The quantitative estimate of drug-likeness (QED) is 0.874. The van der Waals surface area contributed by atoms with Crippen molar-refractivity contribution in [2.45, 2.75) is 6.92 Å². The van der Waals surface area contributed by atoms with E-state index in [2.05, 4.69) is 20.4 Å². The molecule has 7 heteroatoms. The maximum atomic E-state index is 13.4. The summed E-state index contributed by atoms with van der Waals surface area (Å²) in [5, 5.41) is 6.79. The molecule has 1 N–H and O–H groups in total. The van der Waals surface area contributed by atoms with Crippen LogP contribution in [0.4, 0.5) is 10.3 Å². The molecule has 0 aliphatic rings. The highest BCUT2D eigenvalue weighted by atomic mass is 19.1. The average molecular weight is 237 g/mol. The fraction of sp³-hybridized carbons (Fsp3) is 0.300. The van der Waals surface area contributed by atoms with E-state index in [-0.39, 0.29) is 5.88 Å². The minimum Gasteiger partial charge on any atom is -0.433 e. The second kappa shape index (κ2) is 4.77. The Morgan fingerprint density at radius 3 is 2.94 bits per heavy atom. The summed E-state index contributed by atoms with van der Waals surface area (Å²) in [6.07, 6.45) is 4.17. The van der Waals surface area contributed by atoms with Gasteiger partial charge < -0.3 is 10.1 Å². The van der Waals surface area contributed by atoms with Crippen molar-refractivity contribution in [2.24, 2.45) is 7.05 Å². The van der Waals surface area contributed by atoms with Gasteiger partial charge in [-0.25, -0.2) is 4.98 Å². The summed E-state index contributed by atoms with van der Waals surface area (Å²) in [5.41, 5.74) is 0. The zero-order chi connectivity index (χ0) is 12.3. The predicted molar refractivity (Wildman–Crippen MR) is 59.4 cm³/mol. The number of rotatable bonds is 4. The third kappa shape index (κ3) is 2.68. The molecule has 17 heavy (non-hydrogen) atoms. The molecule has 0 spiro atoms. The molecule has 0 saturated carbocycles. The van der Waals surface area contributed by atoms with Crippen molar-refractivity contribution < 1.29 is 9.13 Å². The Hall–Kier alpha value is -2.18. The van der Waals surface area contributed by atoms with E-state index >= 15 is 0 Å². The third-order valence-corrected chi connectivity index (χ3v) is 1.94. The van der Waals surface area contributed by atoms with E-state index in [1.807, 2.05) is 6.92 Å². The number of ether oxygens (including phenoxy) is 1. The molecule has 90 valence electrons. The summed E-state index contributed by atoms with van der Waals surface area (Å²) in [4.78, 5) is 7.69. The lowest BCUT2D eigenvalue weighted by Gasteiger charge is -2.05. The second-order valence-corrected chi connectivity index (χ2v) is 3.33. The number of nitrogens with zero attached hydrogens (tertiary/aromatic N) is 4. The lowest BCUT2D eigenvalue weighted by atomic mass is 10.5. The van der Waals surface area contributed by atoms with Crippen LogP contribution in [0.1, 0.15) is 6.92 Å². The van der Waals surface area contributed by atoms with Crippen LogP contribution in [0.3, 0.4) is 0 Å². The minimum atomic E-state index is -0.615. The molecule has 6 nitrogen and oxygen atoms in total. The standard InChI is InChI=1S/C10H12FN5O/c1-3-12-10-13-5-8(11)9(15-10)17-7-4-14-16(2)6-7/h4-6H,3H2,1-2H3,(H,12,13,15). The van der Waals surface area contributed by atoms with Crippen LogP contribution in [0.15, 0.2) is 18.6 Å². The van der Waals surface area contributed by atoms with Gasteiger partial charge in [0.2, 0.25) is 11.8 Å². The molecule has 2 rings (SSSR count). The van der Waals surface area contributed by atoms with Crippen LogP contribution in [0.5, 0.6) is 11.6 Å². The fourth-order valence-corrected chi connectivity index (χ4v) is 1.23. The van der Waals surface area contributed by atoms with Gasteiger partial charge in [-0.15, -0.1) is 0 Å². The van der Waals surface area contributed by atoms with Crippen molar-refractivity contribution in [3.63, 3.8) is 0 Å². The molecule has 2 heterocycles. The van der Waals surface area contributed by atoms with E-state index in [0.717, 1.165) is 6.20 Å². The molecule has 0 fully saturated rings. The monoisotopic (exact) mass is 237 g/mol. The Balaban J connectivity index is 2.22. The number of halogens is 1. The van der Waals surface area contributed by atoms with E-state index in [1.165, 1.54) is 6.20 Å². The Labute approximate surface area is 97.5 Å². The molecule has 0 unspecified atom stereocenters. The SMILES string of the molecule is CCNc1ncc(F)c(Oc2cnn(C)c2)n1. The van der Waals surface area contributed by atoms with Crippen LogP contribution in [0.2, 0.25) is 0 Å². The van der Waals surface area contributed by atoms with Gasteiger partial charge in [0.15, 0.2) is 5.75 Å². The summed E-state index contributed by atoms with van der Waals surface area (Å²) in [7, 11) is 1.74. The first-order chi connectivity index (χ1) is 8.19. The molecule has 0 radical (unpaired) electrons. The first-order valence-electron chi connectivity index (χ1n) is 5.12. The summed E-state index contributed by atoms with van der Waals surface area (Å²) in [6.45, 7) is 2.55. The van der Waals surface area contributed by atoms with Crippen molar-refractivity contribution in [2.75, 3.05) is 11.9 Å². The van der Waals surface area contributed by atoms with Crippen LogP contribution in [0, 0.1) is 5.82 Å². The molecule has 0 atom stereocenters. The molecule has 0 bridgehead atoms. The normalized spacial score (nSPS) is 10.3. The van der Waals surface area contributed by atoms with Crippen LogP contribution >= 0.6 is 0 Å². The maximum Gasteiger partial charge on any atom is 0.260 e. The summed E-state index contributed by atoms with van der Waals surface area (Å²) >= 11 is 0. The van der Waals surface area contributed by atoms with E-state index in [9.17, 15) is 4.39 Å². The van der Waals surface area contributed by atoms with Crippen LogP contribution < -0.4 is 10.1 Å². The van der Waals surface area contributed by atoms with E-state index in [1.54, 1.807) is 17.9 Å². The fourth-order valence-electron chi connectivity index (χ4n) is 1.23. The molecular formula is C10H12FN5O. The zero-order valence-electron chi connectivity index (χ0n) is 9.51. The Kier molecular flexibility index (Phi) is 3.17. The van der Waals surface area contributed by atoms with Gasteiger partial charge in [0.1, 0.15) is 0 Å². The number of aryl methyl sites for hydroxylation is 1. The molecule has 0 aliphatic heterocycles. The number of hydrogen-bond acceptors (Lipinski definition) is 5. The highest BCUT2D eigenvalue weighted by molar-refractivity contribution is 5.30. The molecular weight excluding hydrogens is 225 g/mol. The maximum absolute atomic E-state index is 13.4. The Morgan fingerprint density at radius 2 is 2.29 bits per heavy atom. The number of hydrogen-bond donors (Lipinski definition) is 1. The minimum absolute atomic E-state index is 0.121. The highest BCUT2D eigenvalue weighted by Crippen LogP contribution is 2.21. The molecule has 0 aromatic carbocycles. The second-order valence-electron chi connectivity index (χ2n) is 3.33. The molecule has 2 aromatic rings. The van der Waals surface area contributed by atoms with Crippen LogP contribution in [-0.2, 0) is 7.05 Å². The van der Waals surface area contributed by atoms with Gasteiger partial charge in [0, 0.05) is 13.6 Å². The first-order valence-corrected chi connectivity index (χ1v) is 5.12. The number of anilines is 1. The van der Waals surface area contributed by atoms with E-state index in [0.29, 0.717) is 18.2 Å². The molecule has 0 saturated heterocycles. The first kappa shape index (κ1) is 11.3. The highest BCUT2D eigenvalue weighted by Gasteiger charge is 2.10. The molecule has 0 aliphatic carbocycles. The van der Waals surface area contributed by atoms with Gasteiger partial charge in [0.05, 0.1) is 18.6 Å². The van der Waals surface area contributed by atoms with Crippen LogP contribution in [0.25, 0.3) is 0 Å². The smallest absolute Gasteiger partial charge is 0.260 e. The van der Waals surface area contributed by atoms with Gasteiger partial charge in [-0.05, 0) is 6.92 Å². The van der Waals surface area contributed by atoms with Crippen molar-refractivity contribution >= 4 is 5.95 Å². The molecule has 0 amide bonds. The average Bonchev–Trinajstić information content (AvgIpc) is 2.69. The summed E-state index contributed by atoms with van der Waals surface area (Å²) in [6, 6.07) is 0. The topological polar surface area (TPSA) is 64.9 Å². The van der Waals surface area contributed by atoms with Crippen molar-refractivity contribution in [3.8, 4) is 11.6 Å². The summed E-state index contributed by atoms with van der Waals surface area (Å²) in [5.74, 6) is 0.0137. The van der Waals surface area contributed by atoms with Gasteiger partial charge in [0.25, 0.3) is 5.88 Å². The lowest BCUT2D eigenvalue weighted by Crippen LogP contribution is -2.03. The van der Waals surface area contributed by atoms with E-state index < -0.39 is 5.82 Å². The van der Waals surface area contributed by atoms with Gasteiger partial charge in [-0.2, -0.15) is 14.5 Å². The van der Waals surface area contributed by atoms with Gasteiger partial charge >= 0.3 is 0 Å². The van der Waals surface area contributed by atoms with Gasteiger partial charge in [-0.1, -0.05) is 0 Å². The number of nitrogens with one attached hydrogen (secondary N) is 1. The Bertz CT molecular complexity index is 513. The van der Waals surface area contributed by atoms with Gasteiger partial charge in [-0.3, -0.25) is 4.68 Å². The Morgan fingerprint density at radius 1 is 1.47 bits per heavy atom. The number of aromatic nitrogens is 4. The predicted octanol–water partition coefficient (Wildman–Crippen LogP) is 1.57. The lowest BCUT2D eigenvalue weighted by molar-refractivity contribution is 0.420. The summed E-state index contributed by atoms with van der Waals surface area (Å²) < 4.78 is 20.2. The third-order valence-electron chi connectivity index (χ3n) is 1.94. The van der Waals surface area contributed by atoms with Crippen molar-refractivity contribution in [1.29, 1.82) is 0 Å².